The van der Waals surface area contributed by atoms with Crippen LogP contribution in [0, 0.1) is 11.8 Å². The number of aliphatic hydroxyl groups excluding tert-OH is 1. The fraction of sp³-hybridized carbons (Fsp3) is 0.667. The van der Waals surface area contributed by atoms with Crippen LogP contribution < -0.4 is 9.47 Å². The molecule has 0 amide bonds. The standard InChI is InChI=1S/C21H24O9/c1-9(22)24-7-17-20-16(29-20)5-18(28-17)30-19-11-4-15-14(26-8-27-15)3-10(11)2-12-13(19)6-25-21(12)23/h3-4,9,12-13,16-20,22H,2,5-8H2,1H3/t9-,12?,13?,16?,17?,18?,19?,20?/m0/s1. The molecule has 6 rings (SSSR count). The number of hydrogen-bond acceptors (Lipinski definition) is 9. The van der Waals surface area contributed by atoms with Gasteiger partial charge in [0, 0.05) is 12.3 Å². The molecule has 1 N–H and O–H groups in total. The Bertz CT molecular complexity index is 855. The number of cyclic esters (lactones) is 1. The molecule has 7 unspecified atom stereocenters. The van der Waals surface area contributed by atoms with Gasteiger partial charge in [-0.1, -0.05) is 0 Å². The lowest BCUT2D eigenvalue weighted by molar-refractivity contribution is -0.237. The van der Waals surface area contributed by atoms with Crippen LogP contribution >= 0.6 is 0 Å². The second-order valence-electron chi connectivity index (χ2n) is 8.48. The molecule has 1 aliphatic carbocycles. The van der Waals surface area contributed by atoms with Crippen LogP contribution in [0.15, 0.2) is 12.1 Å². The lowest BCUT2D eigenvalue weighted by Gasteiger charge is -2.37. The molecule has 1 aromatic rings. The third-order valence-corrected chi connectivity index (χ3v) is 6.55. The van der Waals surface area contributed by atoms with E-state index in [1.807, 2.05) is 12.1 Å². The first-order chi connectivity index (χ1) is 14.6. The average Bonchev–Trinajstić information content (AvgIpc) is 3.21. The number of aliphatic hydroxyl groups is 1. The Morgan fingerprint density at radius 2 is 2.03 bits per heavy atom. The first-order valence-corrected chi connectivity index (χ1v) is 10.4. The molecule has 4 heterocycles. The summed E-state index contributed by atoms with van der Waals surface area (Å²) >= 11 is 0. The molecule has 0 bridgehead atoms. The minimum atomic E-state index is -0.871. The number of hydrogen-bond donors (Lipinski definition) is 1. The number of rotatable bonds is 5. The zero-order valence-corrected chi connectivity index (χ0v) is 16.5. The summed E-state index contributed by atoms with van der Waals surface area (Å²) in [6.45, 7) is 2.30. The molecule has 4 aliphatic heterocycles. The Kier molecular flexibility index (Phi) is 4.43. The van der Waals surface area contributed by atoms with Crippen molar-refractivity contribution < 1.29 is 43.1 Å². The van der Waals surface area contributed by atoms with Gasteiger partial charge in [-0.2, -0.15) is 0 Å². The molecule has 3 saturated heterocycles. The first-order valence-electron chi connectivity index (χ1n) is 10.4. The van der Waals surface area contributed by atoms with Crippen LogP contribution in [0.3, 0.4) is 0 Å². The van der Waals surface area contributed by atoms with E-state index in [9.17, 15) is 9.90 Å². The summed E-state index contributed by atoms with van der Waals surface area (Å²) in [5.41, 5.74) is 1.99. The van der Waals surface area contributed by atoms with Gasteiger partial charge >= 0.3 is 5.97 Å². The summed E-state index contributed by atoms with van der Waals surface area (Å²) in [5, 5.41) is 9.41. The molecule has 8 atom stereocenters. The van der Waals surface area contributed by atoms with E-state index in [1.165, 1.54) is 0 Å². The van der Waals surface area contributed by atoms with Gasteiger partial charge in [-0.3, -0.25) is 4.79 Å². The minimum absolute atomic E-state index is 0.0276. The molecule has 30 heavy (non-hydrogen) atoms. The summed E-state index contributed by atoms with van der Waals surface area (Å²) in [7, 11) is 0. The smallest absolute Gasteiger partial charge is 0.309 e. The summed E-state index contributed by atoms with van der Waals surface area (Å²) in [5.74, 6) is 0.861. The van der Waals surface area contributed by atoms with E-state index in [1.54, 1.807) is 6.92 Å². The second kappa shape index (κ2) is 7.06. The maximum atomic E-state index is 12.3. The zero-order chi connectivity index (χ0) is 20.4. The van der Waals surface area contributed by atoms with E-state index in [-0.39, 0.29) is 55.6 Å². The average molecular weight is 420 g/mol. The SMILES string of the molecule is C[C@@H](O)OCC1OC(OC2c3cc4c(cc3CC3C(=O)OCC32)OCO4)CC2OC12. The van der Waals surface area contributed by atoms with Crippen LogP contribution in [0.25, 0.3) is 0 Å². The first kappa shape index (κ1) is 18.8. The van der Waals surface area contributed by atoms with Gasteiger partial charge in [0.2, 0.25) is 6.79 Å². The Hall–Kier alpha value is -1.91. The van der Waals surface area contributed by atoms with Crippen molar-refractivity contribution in [2.45, 2.75) is 56.8 Å². The zero-order valence-electron chi connectivity index (χ0n) is 16.5. The Morgan fingerprint density at radius 1 is 1.20 bits per heavy atom. The van der Waals surface area contributed by atoms with Crippen molar-refractivity contribution >= 4 is 5.97 Å². The molecule has 9 nitrogen and oxygen atoms in total. The molecule has 0 radical (unpaired) electrons. The molecular formula is C21H24O9. The van der Waals surface area contributed by atoms with Crippen molar-refractivity contribution in [3.05, 3.63) is 23.3 Å². The molecule has 1 aromatic carbocycles. The van der Waals surface area contributed by atoms with Crippen LogP contribution in [0.2, 0.25) is 0 Å². The Balaban J connectivity index is 1.26. The number of carbonyl (C=O) groups is 1. The summed E-state index contributed by atoms with van der Waals surface area (Å²) in [6, 6.07) is 3.89. The number of carbonyl (C=O) groups excluding carboxylic acids is 1. The summed E-state index contributed by atoms with van der Waals surface area (Å²) in [4.78, 5) is 12.3. The van der Waals surface area contributed by atoms with Crippen LogP contribution in [0.5, 0.6) is 11.5 Å². The molecule has 3 fully saturated rings. The van der Waals surface area contributed by atoms with E-state index in [0.717, 1.165) is 11.1 Å². The molecule has 162 valence electrons. The van der Waals surface area contributed by atoms with E-state index in [0.29, 0.717) is 30.9 Å². The lowest BCUT2D eigenvalue weighted by atomic mass is 9.75. The van der Waals surface area contributed by atoms with E-state index in [2.05, 4.69) is 0 Å². The van der Waals surface area contributed by atoms with Crippen molar-refractivity contribution in [2.24, 2.45) is 11.8 Å². The predicted octanol–water partition coefficient (Wildman–Crippen LogP) is 1.06. The van der Waals surface area contributed by atoms with Gasteiger partial charge in [0.1, 0.15) is 12.2 Å². The van der Waals surface area contributed by atoms with Gasteiger partial charge in [-0.25, -0.2) is 0 Å². The number of fused-ring (bicyclic) bond motifs is 4. The number of esters is 1. The highest BCUT2D eigenvalue weighted by Gasteiger charge is 2.54. The van der Waals surface area contributed by atoms with Crippen molar-refractivity contribution in [1.29, 1.82) is 0 Å². The highest BCUT2D eigenvalue weighted by atomic mass is 16.7. The van der Waals surface area contributed by atoms with Gasteiger partial charge in [0.25, 0.3) is 0 Å². The molecule has 9 heteroatoms. The quantitative estimate of drug-likeness (QED) is 0.425. The highest BCUT2D eigenvalue weighted by molar-refractivity contribution is 5.76. The lowest BCUT2D eigenvalue weighted by Crippen LogP contribution is -2.41. The van der Waals surface area contributed by atoms with Crippen LogP contribution in [0.4, 0.5) is 0 Å². The second-order valence-corrected chi connectivity index (χ2v) is 8.48. The molecular weight excluding hydrogens is 396 g/mol. The highest BCUT2D eigenvalue weighted by Crippen LogP contribution is 2.49. The largest absolute Gasteiger partial charge is 0.465 e. The summed E-state index contributed by atoms with van der Waals surface area (Å²) in [6.07, 6.45) is -0.807. The normalized spacial score (nSPS) is 39.0. The Morgan fingerprint density at radius 3 is 2.87 bits per heavy atom. The van der Waals surface area contributed by atoms with Gasteiger partial charge < -0.3 is 38.3 Å². The minimum Gasteiger partial charge on any atom is -0.465 e. The monoisotopic (exact) mass is 420 g/mol. The number of ether oxygens (including phenoxy) is 7. The van der Waals surface area contributed by atoms with Crippen molar-refractivity contribution in [1.82, 2.24) is 0 Å². The van der Waals surface area contributed by atoms with Crippen molar-refractivity contribution in [3.8, 4) is 11.5 Å². The fourth-order valence-electron chi connectivity index (χ4n) is 5.00. The van der Waals surface area contributed by atoms with Crippen molar-refractivity contribution in [2.75, 3.05) is 20.0 Å². The maximum Gasteiger partial charge on any atom is 0.309 e. The van der Waals surface area contributed by atoms with Gasteiger partial charge in [0.05, 0.1) is 31.3 Å². The predicted molar refractivity (Wildman–Crippen MR) is 97.6 cm³/mol. The van der Waals surface area contributed by atoms with Crippen LogP contribution in [0.1, 0.15) is 30.6 Å². The molecule has 0 spiro atoms. The number of benzene rings is 1. The Labute approximate surface area is 173 Å². The van der Waals surface area contributed by atoms with Gasteiger partial charge in [0.15, 0.2) is 24.1 Å². The van der Waals surface area contributed by atoms with Gasteiger partial charge in [-0.05, 0) is 36.6 Å². The van der Waals surface area contributed by atoms with E-state index in [4.69, 9.17) is 33.2 Å². The molecule has 0 aromatic heterocycles. The summed E-state index contributed by atoms with van der Waals surface area (Å²) < 4.78 is 40.0. The molecule has 5 aliphatic rings. The van der Waals surface area contributed by atoms with E-state index >= 15 is 0 Å². The molecule has 0 saturated carbocycles. The van der Waals surface area contributed by atoms with Crippen LogP contribution in [-0.2, 0) is 34.9 Å². The fourth-order valence-corrected chi connectivity index (χ4v) is 5.00. The topological polar surface area (TPSA) is 105 Å². The third-order valence-electron chi connectivity index (χ3n) is 6.55. The number of epoxide rings is 1. The van der Waals surface area contributed by atoms with E-state index < -0.39 is 12.6 Å². The van der Waals surface area contributed by atoms with Gasteiger partial charge in [-0.15, -0.1) is 0 Å². The third kappa shape index (κ3) is 3.16. The van der Waals surface area contributed by atoms with Crippen molar-refractivity contribution in [3.63, 3.8) is 0 Å². The maximum absolute atomic E-state index is 12.3. The van der Waals surface area contributed by atoms with Crippen LogP contribution in [-0.4, -0.2) is 62.0 Å².